The summed E-state index contributed by atoms with van der Waals surface area (Å²) in [5.74, 6) is 1.35. The van der Waals surface area contributed by atoms with Gasteiger partial charge >= 0.3 is 0 Å². The van der Waals surface area contributed by atoms with Gasteiger partial charge in [0.25, 0.3) is 0 Å². The normalized spacial score (nSPS) is 22.3. The Hall–Kier alpha value is -0.630. The molecule has 6 nitrogen and oxygen atoms in total. The number of hydrogen-bond donors (Lipinski definition) is 1. The first kappa shape index (κ1) is 20.4. The fraction of sp³-hybridized carbons (Fsp3) is 0.800. The average molecular weight is 366 g/mol. The number of aromatic nitrogens is 1. The van der Waals surface area contributed by atoms with Gasteiger partial charge in [-0.2, -0.15) is 0 Å². The van der Waals surface area contributed by atoms with E-state index in [2.05, 4.69) is 21.7 Å². The number of aryl methyl sites for hydroxylation is 2. The maximum Gasteiger partial charge on any atom is 0.211 e. The highest BCUT2D eigenvalue weighted by atomic mass is 35.5. The van der Waals surface area contributed by atoms with Gasteiger partial charge in [-0.05, 0) is 33.1 Å². The van der Waals surface area contributed by atoms with E-state index in [0.717, 1.165) is 49.5 Å². The van der Waals surface area contributed by atoms with Crippen molar-refractivity contribution >= 4 is 22.4 Å². The summed E-state index contributed by atoms with van der Waals surface area (Å²) in [5.41, 5.74) is 2.04. The standard InChI is InChI=1S/C15H27N3O3S.ClH/c1-5-7-13-8-18(9-14-11(3)16-21-12(14)4)10-15(13)17-22(19,20)6-2;/h13,15,17H,5-10H2,1-4H3;1H/t13-,15-;/m0./s1. The Morgan fingerprint density at radius 1 is 1.30 bits per heavy atom. The maximum absolute atomic E-state index is 11.9. The zero-order valence-electron chi connectivity index (χ0n) is 14.3. The monoisotopic (exact) mass is 365 g/mol. The molecule has 1 fully saturated rings. The molecule has 2 atom stereocenters. The zero-order valence-corrected chi connectivity index (χ0v) is 16.0. The Labute approximate surface area is 145 Å². The van der Waals surface area contributed by atoms with Crippen LogP contribution in [0.15, 0.2) is 4.52 Å². The number of halogens is 1. The van der Waals surface area contributed by atoms with Gasteiger partial charge in [0.2, 0.25) is 10.0 Å². The summed E-state index contributed by atoms with van der Waals surface area (Å²) in [6.07, 6.45) is 2.10. The molecule has 0 saturated carbocycles. The molecule has 2 heterocycles. The molecular formula is C15H28ClN3O3S. The molecule has 0 amide bonds. The molecular weight excluding hydrogens is 338 g/mol. The summed E-state index contributed by atoms with van der Waals surface area (Å²) in [5, 5.41) is 3.99. The van der Waals surface area contributed by atoms with Gasteiger partial charge in [-0.25, -0.2) is 13.1 Å². The quantitative estimate of drug-likeness (QED) is 0.802. The minimum atomic E-state index is -3.16. The molecule has 1 aliphatic heterocycles. The maximum atomic E-state index is 11.9. The number of likely N-dealkylation sites (tertiary alicyclic amines) is 1. The Morgan fingerprint density at radius 2 is 2.00 bits per heavy atom. The summed E-state index contributed by atoms with van der Waals surface area (Å²) in [6, 6.07) is 0.00497. The van der Waals surface area contributed by atoms with Gasteiger partial charge in [-0.3, -0.25) is 4.90 Å². The van der Waals surface area contributed by atoms with Gasteiger partial charge in [0.15, 0.2) is 0 Å². The zero-order chi connectivity index (χ0) is 16.3. The van der Waals surface area contributed by atoms with Crippen molar-refractivity contribution in [2.75, 3.05) is 18.8 Å². The van der Waals surface area contributed by atoms with Crippen LogP contribution in [0.25, 0.3) is 0 Å². The minimum Gasteiger partial charge on any atom is -0.361 e. The number of nitrogens with one attached hydrogen (secondary N) is 1. The molecule has 0 aromatic carbocycles. The smallest absolute Gasteiger partial charge is 0.211 e. The Morgan fingerprint density at radius 3 is 2.52 bits per heavy atom. The van der Waals surface area contributed by atoms with Gasteiger partial charge in [-0.15, -0.1) is 12.4 Å². The lowest BCUT2D eigenvalue weighted by atomic mass is 9.99. The summed E-state index contributed by atoms with van der Waals surface area (Å²) in [4.78, 5) is 2.30. The van der Waals surface area contributed by atoms with Crippen LogP contribution in [-0.4, -0.2) is 43.4 Å². The fourth-order valence-electron chi connectivity index (χ4n) is 3.15. The molecule has 1 aromatic heterocycles. The van der Waals surface area contributed by atoms with Crippen LogP contribution >= 0.6 is 12.4 Å². The first-order valence-corrected chi connectivity index (χ1v) is 9.65. The van der Waals surface area contributed by atoms with E-state index >= 15 is 0 Å². The van der Waals surface area contributed by atoms with Gasteiger partial charge < -0.3 is 4.52 Å². The van der Waals surface area contributed by atoms with Crippen LogP contribution in [-0.2, 0) is 16.6 Å². The van der Waals surface area contributed by atoms with Crippen molar-refractivity contribution in [1.82, 2.24) is 14.8 Å². The lowest BCUT2D eigenvalue weighted by Crippen LogP contribution is -2.41. The molecule has 1 aromatic rings. The van der Waals surface area contributed by atoms with Crippen LogP contribution in [0.2, 0.25) is 0 Å². The lowest BCUT2D eigenvalue weighted by Gasteiger charge is -2.18. The van der Waals surface area contributed by atoms with Gasteiger partial charge in [0, 0.05) is 31.2 Å². The predicted octanol–water partition coefficient (Wildman–Crippen LogP) is 2.25. The van der Waals surface area contributed by atoms with E-state index in [1.165, 1.54) is 0 Å². The molecule has 1 aliphatic rings. The van der Waals surface area contributed by atoms with Crippen LogP contribution < -0.4 is 4.72 Å². The van der Waals surface area contributed by atoms with Crippen molar-refractivity contribution in [2.45, 2.75) is 53.1 Å². The number of rotatable bonds is 7. The van der Waals surface area contributed by atoms with Crippen molar-refractivity contribution < 1.29 is 12.9 Å². The molecule has 1 N–H and O–H groups in total. The van der Waals surface area contributed by atoms with E-state index in [0.29, 0.717) is 5.92 Å². The number of nitrogens with zero attached hydrogens (tertiary/aromatic N) is 2. The molecule has 0 unspecified atom stereocenters. The molecule has 23 heavy (non-hydrogen) atoms. The van der Waals surface area contributed by atoms with Crippen LogP contribution in [0.4, 0.5) is 0 Å². The van der Waals surface area contributed by atoms with E-state index in [1.54, 1.807) is 6.92 Å². The van der Waals surface area contributed by atoms with Crippen molar-refractivity contribution in [3.63, 3.8) is 0 Å². The second-order valence-corrected chi connectivity index (χ2v) is 8.22. The van der Waals surface area contributed by atoms with Crippen molar-refractivity contribution in [2.24, 2.45) is 5.92 Å². The molecule has 0 aliphatic carbocycles. The molecule has 0 bridgehead atoms. The molecule has 8 heteroatoms. The second kappa shape index (κ2) is 8.46. The number of sulfonamides is 1. The third-order valence-corrected chi connectivity index (χ3v) is 5.87. The molecule has 1 saturated heterocycles. The Bertz CT molecular complexity index is 584. The molecule has 2 rings (SSSR count). The molecule has 0 spiro atoms. The third-order valence-electron chi connectivity index (χ3n) is 4.45. The van der Waals surface area contributed by atoms with E-state index in [1.807, 2.05) is 13.8 Å². The largest absolute Gasteiger partial charge is 0.361 e. The third kappa shape index (κ3) is 5.17. The molecule has 0 radical (unpaired) electrons. The minimum absolute atomic E-state index is 0. The van der Waals surface area contributed by atoms with Gasteiger partial charge in [0.1, 0.15) is 5.76 Å². The highest BCUT2D eigenvalue weighted by Crippen LogP contribution is 2.25. The van der Waals surface area contributed by atoms with Gasteiger partial charge in [0.05, 0.1) is 11.4 Å². The highest BCUT2D eigenvalue weighted by molar-refractivity contribution is 7.89. The topological polar surface area (TPSA) is 75.4 Å². The van der Waals surface area contributed by atoms with Crippen LogP contribution in [0.1, 0.15) is 43.7 Å². The summed E-state index contributed by atoms with van der Waals surface area (Å²) >= 11 is 0. The molecule has 134 valence electrons. The van der Waals surface area contributed by atoms with E-state index in [-0.39, 0.29) is 24.2 Å². The SMILES string of the molecule is CCC[C@H]1CN(Cc2c(C)noc2C)C[C@@H]1NS(=O)(=O)CC.Cl. The first-order valence-electron chi connectivity index (χ1n) is 8.00. The Balaban J connectivity index is 0.00000264. The van der Waals surface area contributed by atoms with Crippen molar-refractivity contribution in [3.8, 4) is 0 Å². The predicted molar refractivity (Wildman–Crippen MR) is 93.3 cm³/mol. The Kier molecular flexibility index (Phi) is 7.51. The van der Waals surface area contributed by atoms with Crippen LogP contribution in [0, 0.1) is 19.8 Å². The lowest BCUT2D eigenvalue weighted by molar-refractivity contribution is 0.308. The van der Waals surface area contributed by atoms with Crippen molar-refractivity contribution in [1.29, 1.82) is 0 Å². The summed E-state index contributed by atoms with van der Waals surface area (Å²) < 4.78 is 31.9. The second-order valence-electron chi connectivity index (χ2n) is 6.17. The van der Waals surface area contributed by atoms with Crippen molar-refractivity contribution in [3.05, 3.63) is 17.0 Å². The summed E-state index contributed by atoms with van der Waals surface area (Å²) in [6.45, 7) is 10.1. The average Bonchev–Trinajstić information content (AvgIpc) is 2.97. The van der Waals surface area contributed by atoms with E-state index < -0.39 is 10.0 Å². The van der Waals surface area contributed by atoms with Crippen LogP contribution in [0.3, 0.4) is 0 Å². The van der Waals surface area contributed by atoms with E-state index in [4.69, 9.17) is 4.52 Å². The highest BCUT2D eigenvalue weighted by Gasteiger charge is 2.34. The van der Waals surface area contributed by atoms with Crippen LogP contribution in [0.5, 0.6) is 0 Å². The number of hydrogen-bond acceptors (Lipinski definition) is 5. The van der Waals surface area contributed by atoms with E-state index in [9.17, 15) is 8.42 Å². The first-order chi connectivity index (χ1) is 10.4. The fourth-order valence-corrected chi connectivity index (χ4v) is 4.05. The van der Waals surface area contributed by atoms with Gasteiger partial charge in [-0.1, -0.05) is 18.5 Å². The summed E-state index contributed by atoms with van der Waals surface area (Å²) in [7, 11) is -3.16.